The van der Waals surface area contributed by atoms with Gasteiger partial charge in [0.25, 0.3) is 0 Å². The molecule has 0 radical (unpaired) electrons. The van der Waals surface area contributed by atoms with Crippen LogP contribution in [-0.4, -0.2) is 99.2 Å². The highest BCUT2D eigenvalue weighted by atomic mass is 19.4. The highest BCUT2D eigenvalue weighted by molar-refractivity contribution is 5.85. The van der Waals surface area contributed by atoms with E-state index in [1.807, 2.05) is 6.92 Å². The summed E-state index contributed by atoms with van der Waals surface area (Å²) in [6, 6.07) is 0. The Morgan fingerprint density at radius 3 is 2.40 bits per heavy atom. The predicted octanol–water partition coefficient (Wildman–Crippen LogP) is 5.65. The molecule has 0 aromatic heterocycles. The van der Waals surface area contributed by atoms with Gasteiger partial charge in [-0.3, -0.25) is 9.57 Å². The average molecular weight is 618 g/mol. The Balaban J connectivity index is 1.36. The van der Waals surface area contributed by atoms with Gasteiger partial charge in [-0.15, -0.1) is 13.2 Å². The molecule has 0 spiro atoms. The number of nitrogens with zero attached hydrogens (tertiary/aromatic N) is 3. The zero-order valence-corrected chi connectivity index (χ0v) is 27.2. The van der Waals surface area contributed by atoms with Crippen molar-refractivity contribution in [1.82, 2.24) is 10.2 Å². The number of quaternary nitrogens is 1. The van der Waals surface area contributed by atoms with Gasteiger partial charge in [-0.05, 0) is 99.2 Å². The number of amides is 1. The summed E-state index contributed by atoms with van der Waals surface area (Å²) in [4.78, 5) is 19.6. The van der Waals surface area contributed by atoms with Crippen molar-refractivity contribution in [3.05, 3.63) is 0 Å². The third-order valence-electron chi connectivity index (χ3n) is 11.8. The summed E-state index contributed by atoms with van der Waals surface area (Å²) < 4.78 is 42.5. The molecule has 248 valence electrons. The van der Waals surface area contributed by atoms with Crippen LogP contribution < -0.4 is 5.32 Å². The number of carbonyl (C=O) groups excluding carboxylic acids is 1. The first kappa shape index (κ1) is 34.4. The van der Waals surface area contributed by atoms with E-state index in [9.17, 15) is 23.1 Å². The number of alkyl halides is 3. The lowest BCUT2D eigenvalue weighted by molar-refractivity contribution is -0.869. The van der Waals surface area contributed by atoms with Crippen LogP contribution in [0.2, 0.25) is 0 Å². The molecule has 4 rings (SSSR count). The van der Waals surface area contributed by atoms with Gasteiger partial charge in [0.05, 0.1) is 46.1 Å². The Morgan fingerprint density at radius 2 is 1.70 bits per heavy atom. The minimum absolute atomic E-state index is 0.0915. The largest absolute Gasteiger partial charge is 0.522 e. The monoisotopic (exact) mass is 617 g/mol. The van der Waals surface area contributed by atoms with Gasteiger partial charge in [-0.25, -0.2) is 4.79 Å². The molecule has 11 heteroatoms. The number of fused-ring (bicyclic) bond motifs is 5. The average Bonchev–Trinajstić information content (AvgIpc) is 3.27. The second kappa shape index (κ2) is 13.5. The Labute approximate surface area is 256 Å². The number of aliphatic hydroxyl groups excluding tert-OH is 1. The molecule has 4 aliphatic rings. The van der Waals surface area contributed by atoms with Crippen LogP contribution in [0.25, 0.3) is 0 Å². The molecular formula is C32H56F3N4O4+. The molecule has 2 N–H and O–H groups in total. The van der Waals surface area contributed by atoms with Crippen molar-refractivity contribution in [3.8, 4) is 0 Å². The number of hydrogen-bond donors (Lipinski definition) is 2. The van der Waals surface area contributed by atoms with E-state index in [-0.39, 0.29) is 30.5 Å². The summed E-state index contributed by atoms with van der Waals surface area (Å²) >= 11 is 0. The fraction of sp³-hybridized carbons (Fsp3) is 0.938. The number of halogens is 3. The Kier molecular flexibility index (Phi) is 10.8. The van der Waals surface area contributed by atoms with Crippen molar-refractivity contribution in [2.75, 3.05) is 60.5 Å². The molecule has 8 atom stereocenters. The quantitative estimate of drug-likeness (QED) is 0.103. The van der Waals surface area contributed by atoms with Gasteiger partial charge >= 0.3 is 12.5 Å². The van der Waals surface area contributed by atoms with E-state index in [4.69, 9.17) is 4.84 Å². The lowest BCUT2D eigenvalue weighted by atomic mass is 9.44. The number of aliphatic hydroxyl groups is 1. The van der Waals surface area contributed by atoms with Crippen LogP contribution in [-0.2, 0) is 9.57 Å². The van der Waals surface area contributed by atoms with Crippen molar-refractivity contribution in [3.63, 3.8) is 0 Å². The molecule has 4 fully saturated rings. The molecule has 4 aliphatic carbocycles. The van der Waals surface area contributed by atoms with Crippen LogP contribution in [0.3, 0.4) is 0 Å². The van der Waals surface area contributed by atoms with E-state index in [0.717, 1.165) is 55.3 Å². The molecule has 0 aliphatic heterocycles. The second-order valence-electron chi connectivity index (χ2n) is 15.4. The first-order valence-electron chi connectivity index (χ1n) is 16.4. The van der Waals surface area contributed by atoms with E-state index >= 15 is 0 Å². The maximum absolute atomic E-state index is 13.0. The molecule has 0 heterocycles. The first-order chi connectivity index (χ1) is 20.0. The van der Waals surface area contributed by atoms with Crippen LogP contribution in [0.5, 0.6) is 0 Å². The predicted molar refractivity (Wildman–Crippen MR) is 160 cm³/mol. The Hall–Kier alpha value is -1.43. The molecule has 4 saturated carbocycles. The molecule has 43 heavy (non-hydrogen) atoms. The van der Waals surface area contributed by atoms with Crippen molar-refractivity contribution < 1.29 is 37.1 Å². The maximum atomic E-state index is 13.0. The number of nitrogens with one attached hydrogen (secondary N) is 1. The smallest absolute Gasteiger partial charge is 0.393 e. The van der Waals surface area contributed by atoms with Crippen molar-refractivity contribution in [2.24, 2.45) is 45.6 Å². The summed E-state index contributed by atoms with van der Waals surface area (Å²) in [6.07, 6.45) is 4.24. The fourth-order valence-electron chi connectivity index (χ4n) is 9.47. The number of oxime groups is 1. The van der Waals surface area contributed by atoms with Crippen molar-refractivity contribution in [2.45, 2.75) is 91.0 Å². The first-order valence-corrected chi connectivity index (χ1v) is 16.4. The van der Waals surface area contributed by atoms with Crippen LogP contribution in [0, 0.1) is 40.4 Å². The second-order valence-corrected chi connectivity index (χ2v) is 15.4. The third kappa shape index (κ3) is 8.24. The van der Waals surface area contributed by atoms with Crippen LogP contribution in [0.1, 0.15) is 78.6 Å². The minimum Gasteiger partial charge on any atom is -0.393 e. The highest BCUT2D eigenvalue weighted by Gasteiger charge is 2.60. The molecule has 0 bridgehead atoms. The van der Waals surface area contributed by atoms with Gasteiger partial charge in [0.1, 0.15) is 0 Å². The van der Waals surface area contributed by atoms with E-state index < -0.39 is 19.1 Å². The zero-order valence-electron chi connectivity index (χ0n) is 27.2. The maximum Gasteiger partial charge on any atom is 0.522 e. The lowest BCUT2D eigenvalue weighted by Crippen LogP contribution is -2.54. The number of carbonyl (C=O) groups is 1. The molecule has 0 aromatic rings. The van der Waals surface area contributed by atoms with E-state index in [0.29, 0.717) is 42.2 Å². The van der Waals surface area contributed by atoms with Crippen molar-refractivity contribution in [1.29, 1.82) is 0 Å². The highest BCUT2D eigenvalue weighted by Crippen LogP contribution is 2.67. The number of ether oxygens (including phenoxy) is 1. The third-order valence-corrected chi connectivity index (χ3v) is 11.8. The molecule has 0 saturated heterocycles. The van der Waals surface area contributed by atoms with Gasteiger partial charge in [0, 0.05) is 32.1 Å². The fourth-order valence-corrected chi connectivity index (χ4v) is 9.47. The normalized spacial score (nSPS) is 36.5. The van der Waals surface area contributed by atoms with Gasteiger partial charge < -0.3 is 19.8 Å². The molecule has 0 aromatic carbocycles. The lowest BCUT2D eigenvalue weighted by Gasteiger charge is -2.61. The van der Waals surface area contributed by atoms with Gasteiger partial charge in [-0.2, -0.15) is 0 Å². The SMILES string of the molecule is C/C(=N\OC(=O)N(CCNCC[N+](C)(C)C)CCOC(F)(F)F)[C@H]1CC[C@H]2[C@@H]3CC[C@@H]4C[C@@H](O)CC[C@]4(C)[C@H]3CC[C@]12C. The summed E-state index contributed by atoms with van der Waals surface area (Å²) in [6.45, 7) is 8.12. The minimum atomic E-state index is -4.75. The van der Waals surface area contributed by atoms with Crippen LogP contribution >= 0.6 is 0 Å². The molecule has 1 amide bonds. The van der Waals surface area contributed by atoms with E-state index in [1.165, 1.54) is 24.2 Å². The molecule has 8 nitrogen and oxygen atoms in total. The number of likely N-dealkylation sites (N-methyl/N-ethyl adjacent to an activating group) is 1. The zero-order chi connectivity index (χ0) is 31.6. The topological polar surface area (TPSA) is 83.4 Å². The van der Waals surface area contributed by atoms with Crippen LogP contribution in [0.15, 0.2) is 5.16 Å². The van der Waals surface area contributed by atoms with Gasteiger partial charge in [0.15, 0.2) is 0 Å². The number of hydrogen-bond acceptors (Lipinski definition) is 6. The van der Waals surface area contributed by atoms with E-state index in [1.54, 1.807) is 0 Å². The summed E-state index contributed by atoms with van der Waals surface area (Å²) in [5.41, 5.74) is 1.21. The number of rotatable bonds is 11. The Morgan fingerprint density at radius 1 is 1.00 bits per heavy atom. The van der Waals surface area contributed by atoms with E-state index in [2.05, 4.69) is 50.2 Å². The van der Waals surface area contributed by atoms with Crippen LogP contribution in [0.4, 0.5) is 18.0 Å². The van der Waals surface area contributed by atoms with Crippen molar-refractivity contribution >= 4 is 11.8 Å². The molecular weight excluding hydrogens is 561 g/mol. The summed E-state index contributed by atoms with van der Waals surface area (Å²) in [7, 11) is 6.23. The Bertz CT molecular complexity index is 989. The standard InChI is InChI=1S/C32H56F3N4O4/c1-22(37-43-29(41)38(18-20-42-32(33,34)35)17-15-36-16-19-39(4,5)6)26-9-10-27-25-8-7-23-21-24(40)11-13-30(23,2)28(25)12-14-31(26,27)3/h23-28,36,40H,7-21H2,1-6H3/q+1/b37-22+/t23-,24+,25+,26-,27+,28+,30+,31-/m1/s1. The van der Waals surface area contributed by atoms with Gasteiger partial charge in [-0.1, -0.05) is 19.0 Å². The van der Waals surface area contributed by atoms with Gasteiger partial charge in [0.2, 0.25) is 0 Å². The molecule has 0 unspecified atom stereocenters. The summed E-state index contributed by atoms with van der Waals surface area (Å²) in [5.74, 6) is 2.83. The summed E-state index contributed by atoms with van der Waals surface area (Å²) in [5, 5.41) is 17.9.